The smallest absolute Gasteiger partial charge is 0.259 e. The van der Waals surface area contributed by atoms with Gasteiger partial charge in [0.1, 0.15) is 0 Å². The molecule has 5 rings (SSSR count). The Morgan fingerprint density at radius 2 is 1.79 bits per heavy atom. The number of nitrogens with zero attached hydrogens (tertiary/aromatic N) is 3. The third kappa shape index (κ3) is 4.22. The molecule has 2 aromatic carbocycles. The van der Waals surface area contributed by atoms with Gasteiger partial charge in [-0.3, -0.25) is 9.59 Å². The number of likely N-dealkylation sites (tertiary alicyclic amines) is 1. The van der Waals surface area contributed by atoms with Gasteiger partial charge in [-0.05, 0) is 38.0 Å². The molecule has 0 aliphatic carbocycles. The molecular formula is C26H24N4O3. The maximum Gasteiger partial charge on any atom is 0.259 e. The van der Waals surface area contributed by atoms with E-state index in [1.165, 1.54) is 0 Å². The molecule has 1 aliphatic heterocycles. The summed E-state index contributed by atoms with van der Waals surface area (Å²) in [6.45, 7) is 2.77. The molecule has 1 fully saturated rings. The molecular weight excluding hydrogens is 416 g/mol. The highest BCUT2D eigenvalue weighted by Crippen LogP contribution is 2.29. The van der Waals surface area contributed by atoms with Gasteiger partial charge in [0.2, 0.25) is 5.91 Å². The fourth-order valence-electron chi connectivity index (χ4n) is 4.33. The second kappa shape index (κ2) is 8.86. The zero-order valence-electron chi connectivity index (χ0n) is 18.3. The van der Waals surface area contributed by atoms with Crippen molar-refractivity contribution in [3.05, 3.63) is 78.0 Å². The van der Waals surface area contributed by atoms with Crippen LogP contribution in [0.2, 0.25) is 0 Å². The summed E-state index contributed by atoms with van der Waals surface area (Å²) < 4.78 is 5.42. The number of carbonyl (C=O) groups is 2. The number of hydrogen-bond acceptors (Lipinski definition) is 5. The van der Waals surface area contributed by atoms with Crippen molar-refractivity contribution in [1.82, 2.24) is 15.0 Å². The molecule has 2 aromatic heterocycles. The van der Waals surface area contributed by atoms with Crippen molar-refractivity contribution in [2.45, 2.75) is 19.8 Å². The molecule has 2 amide bonds. The first-order chi connectivity index (χ1) is 16.1. The maximum absolute atomic E-state index is 13.7. The van der Waals surface area contributed by atoms with E-state index < -0.39 is 0 Å². The van der Waals surface area contributed by atoms with Crippen LogP contribution in [0.4, 0.5) is 5.69 Å². The van der Waals surface area contributed by atoms with Gasteiger partial charge in [0.15, 0.2) is 0 Å². The largest absolute Gasteiger partial charge is 0.338 e. The van der Waals surface area contributed by atoms with Crippen molar-refractivity contribution in [3.8, 4) is 11.3 Å². The molecule has 1 N–H and O–H groups in total. The van der Waals surface area contributed by atoms with Gasteiger partial charge in [0.25, 0.3) is 11.6 Å². The molecule has 1 saturated heterocycles. The SMILES string of the molecule is Cc1noc2nc(-c3ccccc3)cc(C(=O)N3CCCC(C(=O)Nc4ccccc4)C3)c12. The van der Waals surface area contributed by atoms with Gasteiger partial charge in [0.05, 0.1) is 28.3 Å². The fourth-order valence-corrected chi connectivity index (χ4v) is 4.33. The minimum absolute atomic E-state index is 0.0651. The lowest BCUT2D eigenvalue weighted by Gasteiger charge is -2.32. The molecule has 3 heterocycles. The summed E-state index contributed by atoms with van der Waals surface area (Å²) in [5.74, 6) is -0.467. The third-order valence-electron chi connectivity index (χ3n) is 6.04. The Kier molecular flexibility index (Phi) is 5.60. The van der Waals surface area contributed by atoms with Gasteiger partial charge < -0.3 is 14.7 Å². The summed E-state index contributed by atoms with van der Waals surface area (Å²) in [4.78, 5) is 32.9. The molecule has 7 nitrogen and oxygen atoms in total. The number of piperidine rings is 1. The van der Waals surface area contributed by atoms with Crippen molar-refractivity contribution < 1.29 is 14.1 Å². The monoisotopic (exact) mass is 440 g/mol. The predicted molar refractivity (Wildman–Crippen MR) is 126 cm³/mol. The summed E-state index contributed by atoms with van der Waals surface area (Å²) in [6, 6.07) is 20.9. The number of fused-ring (bicyclic) bond motifs is 1. The molecule has 4 aromatic rings. The average Bonchev–Trinajstić information content (AvgIpc) is 3.25. The van der Waals surface area contributed by atoms with Crippen molar-refractivity contribution in [2.75, 3.05) is 18.4 Å². The number of aryl methyl sites for hydroxylation is 1. The molecule has 0 bridgehead atoms. The summed E-state index contributed by atoms with van der Waals surface area (Å²) >= 11 is 0. The van der Waals surface area contributed by atoms with Crippen molar-refractivity contribution in [2.24, 2.45) is 5.92 Å². The van der Waals surface area contributed by atoms with E-state index in [-0.39, 0.29) is 17.7 Å². The van der Waals surface area contributed by atoms with Gasteiger partial charge in [0, 0.05) is 24.3 Å². The Hall–Kier alpha value is -4.00. The Morgan fingerprint density at radius 3 is 2.55 bits per heavy atom. The van der Waals surface area contributed by atoms with E-state index in [2.05, 4.69) is 15.5 Å². The number of carbonyl (C=O) groups excluding carboxylic acids is 2. The van der Waals surface area contributed by atoms with Crippen LogP contribution in [0, 0.1) is 12.8 Å². The lowest BCUT2D eigenvalue weighted by molar-refractivity contribution is -0.121. The molecule has 0 spiro atoms. The van der Waals surface area contributed by atoms with E-state index in [9.17, 15) is 9.59 Å². The predicted octanol–water partition coefficient (Wildman–Crippen LogP) is 4.69. The molecule has 0 saturated carbocycles. The third-order valence-corrected chi connectivity index (χ3v) is 6.04. The molecule has 1 unspecified atom stereocenters. The van der Waals surface area contributed by atoms with Crippen molar-refractivity contribution >= 4 is 28.6 Å². The maximum atomic E-state index is 13.7. The topological polar surface area (TPSA) is 88.3 Å². The van der Waals surface area contributed by atoms with Crippen LogP contribution in [0.15, 0.2) is 71.3 Å². The summed E-state index contributed by atoms with van der Waals surface area (Å²) in [7, 11) is 0. The van der Waals surface area contributed by atoms with Crippen LogP contribution in [-0.2, 0) is 4.79 Å². The van der Waals surface area contributed by atoms with E-state index in [4.69, 9.17) is 4.52 Å². The van der Waals surface area contributed by atoms with Crippen LogP contribution >= 0.6 is 0 Å². The van der Waals surface area contributed by atoms with E-state index in [0.717, 1.165) is 24.1 Å². The average molecular weight is 441 g/mol. The first kappa shape index (κ1) is 20.9. The fraction of sp³-hybridized carbons (Fsp3) is 0.231. The van der Waals surface area contributed by atoms with E-state index in [1.807, 2.05) is 60.7 Å². The van der Waals surface area contributed by atoms with Crippen LogP contribution in [0.5, 0.6) is 0 Å². The summed E-state index contributed by atoms with van der Waals surface area (Å²) in [5.41, 5.74) is 3.76. The van der Waals surface area contributed by atoms with Gasteiger partial charge in [-0.25, -0.2) is 4.98 Å². The second-order valence-corrected chi connectivity index (χ2v) is 8.31. The van der Waals surface area contributed by atoms with Gasteiger partial charge in [-0.15, -0.1) is 0 Å². The number of anilines is 1. The highest BCUT2D eigenvalue weighted by atomic mass is 16.5. The van der Waals surface area contributed by atoms with E-state index in [1.54, 1.807) is 17.9 Å². The first-order valence-corrected chi connectivity index (χ1v) is 11.1. The Balaban J connectivity index is 1.43. The Bertz CT molecular complexity index is 1300. The highest BCUT2D eigenvalue weighted by molar-refractivity contribution is 6.07. The first-order valence-electron chi connectivity index (χ1n) is 11.1. The van der Waals surface area contributed by atoms with Crippen LogP contribution in [0.3, 0.4) is 0 Å². The molecule has 7 heteroatoms. The van der Waals surface area contributed by atoms with Crippen LogP contribution in [0.25, 0.3) is 22.4 Å². The number of amides is 2. The van der Waals surface area contributed by atoms with Crippen LogP contribution in [-0.4, -0.2) is 39.9 Å². The number of rotatable bonds is 4. The van der Waals surface area contributed by atoms with Crippen LogP contribution in [0.1, 0.15) is 28.9 Å². The quantitative estimate of drug-likeness (QED) is 0.497. The lowest BCUT2D eigenvalue weighted by atomic mass is 9.95. The Labute approximate surface area is 191 Å². The number of hydrogen-bond donors (Lipinski definition) is 1. The molecule has 0 radical (unpaired) electrons. The second-order valence-electron chi connectivity index (χ2n) is 8.31. The minimum atomic E-state index is -0.266. The highest BCUT2D eigenvalue weighted by Gasteiger charge is 2.31. The van der Waals surface area contributed by atoms with Crippen molar-refractivity contribution in [3.63, 3.8) is 0 Å². The molecule has 33 heavy (non-hydrogen) atoms. The summed E-state index contributed by atoms with van der Waals surface area (Å²) in [5, 5.41) is 7.62. The van der Waals surface area contributed by atoms with Gasteiger partial charge in [-0.1, -0.05) is 53.7 Å². The molecule has 166 valence electrons. The normalized spacial score (nSPS) is 16.0. The zero-order valence-corrected chi connectivity index (χ0v) is 18.3. The number of nitrogens with one attached hydrogen (secondary N) is 1. The van der Waals surface area contributed by atoms with Gasteiger partial charge in [-0.2, -0.15) is 0 Å². The lowest BCUT2D eigenvalue weighted by Crippen LogP contribution is -2.43. The minimum Gasteiger partial charge on any atom is -0.338 e. The summed E-state index contributed by atoms with van der Waals surface area (Å²) in [6.07, 6.45) is 1.51. The standard InChI is InChI=1S/C26H24N4O3/c1-17-23-21(15-22(28-25(23)33-29-17)18-9-4-2-5-10-18)26(32)30-14-8-11-19(16-30)24(31)27-20-12-6-3-7-13-20/h2-7,9-10,12-13,15,19H,8,11,14,16H2,1H3,(H,27,31). The van der Waals surface area contributed by atoms with E-state index >= 15 is 0 Å². The number of pyridine rings is 1. The number of benzene rings is 2. The van der Waals surface area contributed by atoms with Crippen LogP contribution < -0.4 is 5.32 Å². The van der Waals surface area contributed by atoms with E-state index in [0.29, 0.717) is 41.1 Å². The number of para-hydroxylation sites is 1. The molecule has 1 atom stereocenters. The van der Waals surface area contributed by atoms with Gasteiger partial charge >= 0.3 is 0 Å². The zero-order chi connectivity index (χ0) is 22.8. The molecule has 1 aliphatic rings. The number of aromatic nitrogens is 2. The van der Waals surface area contributed by atoms with Crippen molar-refractivity contribution in [1.29, 1.82) is 0 Å². The Morgan fingerprint density at radius 1 is 1.06 bits per heavy atom.